The summed E-state index contributed by atoms with van der Waals surface area (Å²) in [5.74, 6) is 1.30. The molecule has 0 saturated carbocycles. The second-order valence-corrected chi connectivity index (χ2v) is 4.79. The summed E-state index contributed by atoms with van der Waals surface area (Å²) in [6, 6.07) is 12.3. The van der Waals surface area contributed by atoms with Gasteiger partial charge in [-0.1, -0.05) is 12.1 Å². The minimum absolute atomic E-state index is 0.0736. The SMILES string of the molecule is COc1cc(COc2nc3ccccc3c(=O)o2)cc(OC)c1. The zero-order valence-electron chi connectivity index (χ0n) is 12.7. The second kappa shape index (κ2) is 6.39. The van der Waals surface area contributed by atoms with Crippen LogP contribution in [0.25, 0.3) is 10.9 Å². The summed E-state index contributed by atoms with van der Waals surface area (Å²) in [6.45, 7) is 0.168. The summed E-state index contributed by atoms with van der Waals surface area (Å²) >= 11 is 0. The van der Waals surface area contributed by atoms with Crippen LogP contribution in [0.1, 0.15) is 5.56 Å². The van der Waals surface area contributed by atoms with Crippen LogP contribution in [0.3, 0.4) is 0 Å². The largest absolute Gasteiger partial charge is 0.497 e. The van der Waals surface area contributed by atoms with E-state index >= 15 is 0 Å². The fraction of sp³-hybridized carbons (Fsp3) is 0.176. The summed E-state index contributed by atoms with van der Waals surface area (Å²) < 4.78 is 21.0. The molecule has 6 nitrogen and oxygen atoms in total. The average Bonchev–Trinajstić information content (AvgIpc) is 2.59. The number of nitrogens with zero attached hydrogens (tertiary/aromatic N) is 1. The summed E-state index contributed by atoms with van der Waals surface area (Å²) in [7, 11) is 3.15. The molecule has 0 fully saturated rings. The molecule has 0 saturated heterocycles. The van der Waals surface area contributed by atoms with Gasteiger partial charge in [-0.3, -0.25) is 0 Å². The lowest BCUT2D eigenvalue weighted by atomic mass is 10.2. The van der Waals surface area contributed by atoms with Gasteiger partial charge in [-0.05, 0) is 29.8 Å². The predicted octanol–water partition coefficient (Wildman–Crippen LogP) is 2.78. The first kappa shape index (κ1) is 14.9. The van der Waals surface area contributed by atoms with Crippen LogP contribution in [0, 0.1) is 0 Å². The zero-order valence-corrected chi connectivity index (χ0v) is 12.7. The Bertz CT molecular complexity index is 865. The summed E-state index contributed by atoms with van der Waals surface area (Å²) in [4.78, 5) is 16.1. The predicted molar refractivity (Wildman–Crippen MR) is 84.2 cm³/mol. The second-order valence-electron chi connectivity index (χ2n) is 4.79. The van der Waals surface area contributed by atoms with Crippen molar-refractivity contribution in [1.82, 2.24) is 4.98 Å². The van der Waals surface area contributed by atoms with Crippen molar-refractivity contribution in [2.24, 2.45) is 0 Å². The maximum atomic E-state index is 11.9. The third kappa shape index (κ3) is 3.26. The van der Waals surface area contributed by atoms with Gasteiger partial charge >= 0.3 is 11.7 Å². The standard InChI is InChI=1S/C17H15NO5/c1-20-12-7-11(8-13(9-12)21-2)10-22-17-18-15-6-4-3-5-14(15)16(19)23-17/h3-9H,10H2,1-2H3. The highest BCUT2D eigenvalue weighted by Gasteiger charge is 2.08. The highest BCUT2D eigenvalue weighted by molar-refractivity contribution is 5.76. The Morgan fingerprint density at radius 3 is 2.43 bits per heavy atom. The van der Waals surface area contributed by atoms with Crippen molar-refractivity contribution in [3.05, 3.63) is 58.4 Å². The van der Waals surface area contributed by atoms with Gasteiger partial charge in [0.25, 0.3) is 0 Å². The van der Waals surface area contributed by atoms with Gasteiger partial charge in [0.1, 0.15) is 18.1 Å². The highest BCUT2D eigenvalue weighted by atomic mass is 16.6. The van der Waals surface area contributed by atoms with Gasteiger partial charge < -0.3 is 18.6 Å². The van der Waals surface area contributed by atoms with E-state index in [1.807, 2.05) is 12.1 Å². The van der Waals surface area contributed by atoms with E-state index in [0.29, 0.717) is 22.4 Å². The maximum absolute atomic E-state index is 11.9. The number of para-hydroxylation sites is 1. The van der Waals surface area contributed by atoms with Gasteiger partial charge in [0.2, 0.25) is 0 Å². The number of ether oxygens (including phenoxy) is 3. The average molecular weight is 313 g/mol. The number of hydrogen-bond donors (Lipinski definition) is 0. The van der Waals surface area contributed by atoms with E-state index in [2.05, 4.69) is 4.98 Å². The fourth-order valence-electron chi connectivity index (χ4n) is 2.16. The summed E-state index contributed by atoms with van der Waals surface area (Å²) in [5, 5.41) is 0.419. The van der Waals surface area contributed by atoms with Crippen LogP contribution in [0.15, 0.2) is 51.7 Å². The van der Waals surface area contributed by atoms with Crippen LogP contribution in [0.4, 0.5) is 0 Å². The van der Waals surface area contributed by atoms with Crippen molar-refractivity contribution in [1.29, 1.82) is 0 Å². The first-order valence-corrected chi connectivity index (χ1v) is 6.94. The maximum Gasteiger partial charge on any atom is 0.397 e. The van der Waals surface area contributed by atoms with E-state index in [4.69, 9.17) is 18.6 Å². The molecule has 0 aliphatic rings. The molecule has 23 heavy (non-hydrogen) atoms. The zero-order chi connectivity index (χ0) is 16.2. The molecule has 0 N–H and O–H groups in total. The molecule has 0 radical (unpaired) electrons. The Kier molecular flexibility index (Phi) is 4.14. The van der Waals surface area contributed by atoms with Crippen molar-refractivity contribution < 1.29 is 18.6 Å². The first-order valence-electron chi connectivity index (χ1n) is 6.94. The van der Waals surface area contributed by atoms with Crippen LogP contribution in [-0.4, -0.2) is 19.2 Å². The first-order chi connectivity index (χ1) is 11.2. The summed E-state index contributed by atoms with van der Waals surface area (Å²) in [6.07, 6.45) is -0.0736. The van der Waals surface area contributed by atoms with E-state index in [-0.39, 0.29) is 12.7 Å². The van der Waals surface area contributed by atoms with Gasteiger partial charge in [-0.15, -0.1) is 0 Å². The van der Waals surface area contributed by atoms with E-state index in [9.17, 15) is 4.79 Å². The Morgan fingerprint density at radius 1 is 1.04 bits per heavy atom. The molecular weight excluding hydrogens is 298 g/mol. The third-order valence-electron chi connectivity index (χ3n) is 3.29. The van der Waals surface area contributed by atoms with Gasteiger partial charge in [0.15, 0.2) is 0 Å². The molecule has 0 amide bonds. The number of hydrogen-bond acceptors (Lipinski definition) is 6. The van der Waals surface area contributed by atoms with Crippen LogP contribution in [0.2, 0.25) is 0 Å². The lowest BCUT2D eigenvalue weighted by Crippen LogP contribution is -2.05. The van der Waals surface area contributed by atoms with E-state index in [1.165, 1.54) is 0 Å². The Morgan fingerprint density at radius 2 is 1.74 bits per heavy atom. The van der Waals surface area contributed by atoms with Crippen LogP contribution >= 0.6 is 0 Å². The molecule has 0 atom stereocenters. The van der Waals surface area contributed by atoms with Crippen LogP contribution in [0.5, 0.6) is 17.6 Å². The molecular formula is C17H15NO5. The van der Waals surface area contributed by atoms with Crippen molar-refractivity contribution in [3.8, 4) is 17.6 Å². The quantitative estimate of drug-likeness (QED) is 0.721. The molecule has 0 bridgehead atoms. The molecule has 0 spiro atoms. The van der Waals surface area contributed by atoms with E-state index in [1.54, 1.807) is 44.6 Å². The van der Waals surface area contributed by atoms with Crippen molar-refractivity contribution in [3.63, 3.8) is 0 Å². The molecule has 6 heteroatoms. The number of fused-ring (bicyclic) bond motifs is 1. The molecule has 118 valence electrons. The smallest absolute Gasteiger partial charge is 0.397 e. The number of methoxy groups -OCH3 is 2. The fourth-order valence-corrected chi connectivity index (χ4v) is 2.16. The number of benzene rings is 2. The van der Waals surface area contributed by atoms with Gasteiger partial charge in [0.05, 0.1) is 25.1 Å². The third-order valence-corrected chi connectivity index (χ3v) is 3.29. The highest BCUT2D eigenvalue weighted by Crippen LogP contribution is 2.23. The normalized spacial score (nSPS) is 10.5. The topological polar surface area (TPSA) is 70.8 Å². The monoisotopic (exact) mass is 313 g/mol. The molecule has 3 rings (SSSR count). The minimum Gasteiger partial charge on any atom is -0.497 e. The lowest BCUT2D eigenvalue weighted by molar-refractivity contribution is 0.206. The molecule has 0 unspecified atom stereocenters. The van der Waals surface area contributed by atoms with Gasteiger partial charge in [0, 0.05) is 6.07 Å². The number of rotatable bonds is 5. The van der Waals surface area contributed by atoms with Gasteiger partial charge in [-0.2, -0.15) is 4.98 Å². The Balaban J connectivity index is 1.84. The summed E-state index contributed by atoms with van der Waals surface area (Å²) in [5.41, 5.74) is 0.856. The van der Waals surface area contributed by atoms with Gasteiger partial charge in [-0.25, -0.2) is 4.79 Å². The van der Waals surface area contributed by atoms with Crippen molar-refractivity contribution >= 4 is 10.9 Å². The van der Waals surface area contributed by atoms with E-state index in [0.717, 1.165) is 5.56 Å². The molecule has 3 aromatic rings. The molecule has 1 aromatic heterocycles. The van der Waals surface area contributed by atoms with Crippen molar-refractivity contribution in [2.45, 2.75) is 6.61 Å². The van der Waals surface area contributed by atoms with Crippen LogP contribution in [-0.2, 0) is 6.61 Å². The minimum atomic E-state index is -0.478. The van der Waals surface area contributed by atoms with Crippen LogP contribution < -0.4 is 19.8 Å². The molecule has 1 heterocycles. The molecule has 2 aromatic carbocycles. The molecule has 0 aliphatic carbocycles. The lowest BCUT2D eigenvalue weighted by Gasteiger charge is -2.09. The van der Waals surface area contributed by atoms with Crippen molar-refractivity contribution in [2.75, 3.05) is 14.2 Å². The Hall–Kier alpha value is -3.02. The Labute approximate surface area is 132 Å². The number of aromatic nitrogens is 1. The van der Waals surface area contributed by atoms with E-state index < -0.39 is 5.63 Å². The molecule has 0 aliphatic heterocycles.